The summed E-state index contributed by atoms with van der Waals surface area (Å²) in [6.45, 7) is 0. The molecular formula is C18H10ClNO3. The van der Waals surface area contributed by atoms with Crippen LogP contribution in [0.15, 0.2) is 48.5 Å². The monoisotopic (exact) mass is 323 g/mol. The lowest BCUT2D eigenvalue weighted by Gasteiger charge is -2.10. The summed E-state index contributed by atoms with van der Waals surface area (Å²) < 4.78 is 0. The first kappa shape index (κ1) is 13.9. The van der Waals surface area contributed by atoms with Crippen LogP contribution >= 0.6 is 11.6 Å². The second kappa shape index (κ2) is 4.89. The minimum atomic E-state index is -1.12. The SMILES string of the molecule is O=C1c2ccc(Cl)cc2C(=O)C1c1nc2ccccc2cc1O. The summed E-state index contributed by atoms with van der Waals surface area (Å²) in [6, 6.07) is 13.3. The number of hydrogen-bond donors (Lipinski definition) is 1. The molecule has 4 nitrogen and oxygen atoms in total. The number of carbonyl (C=O) groups is 2. The minimum absolute atomic E-state index is 0.0889. The first-order valence-electron chi connectivity index (χ1n) is 7.03. The largest absolute Gasteiger partial charge is 0.506 e. The maximum atomic E-state index is 12.6. The first-order valence-corrected chi connectivity index (χ1v) is 7.40. The van der Waals surface area contributed by atoms with Crippen LogP contribution < -0.4 is 0 Å². The van der Waals surface area contributed by atoms with Crippen molar-refractivity contribution in [3.8, 4) is 5.75 Å². The number of pyridine rings is 1. The average Bonchev–Trinajstić information content (AvgIpc) is 2.78. The molecule has 4 rings (SSSR count). The summed E-state index contributed by atoms with van der Waals surface area (Å²) in [4.78, 5) is 29.5. The summed E-state index contributed by atoms with van der Waals surface area (Å²) in [5, 5.41) is 11.4. The van der Waals surface area contributed by atoms with Gasteiger partial charge >= 0.3 is 0 Å². The molecule has 2 aromatic carbocycles. The molecule has 1 atom stereocenters. The molecule has 0 bridgehead atoms. The summed E-state index contributed by atoms with van der Waals surface area (Å²) in [5.74, 6) is -2.02. The lowest BCUT2D eigenvalue weighted by molar-refractivity contribution is 0.0886. The van der Waals surface area contributed by atoms with E-state index in [1.54, 1.807) is 18.2 Å². The second-order valence-electron chi connectivity index (χ2n) is 5.44. The van der Waals surface area contributed by atoms with E-state index in [0.717, 1.165) is 5.39 Å². The number of ketones is 2. The fraction of sp³-hybridized carbons (Fsp3) is 0.0556. The Labute approximate surface area is 136 Å². The van der Waals surface area contributed by atoms with Gasteiger partial charge in [0, 0.05) is 21.5 Å². The van der Waals surface area contributed by atoms with Crippen LogP contribution in [0.4, 0.5) is 0 Å². The van der Waals surface area contributed by atoms with Crippen LogP contribution in [0, 0.1) is 0 Å². The van der Waals surface area contributed by atoms with Crippen LogP contribution in [0.2, 0.25) is 5.02 Å². The molecule has 112 valence electrons. The molecule has 0 fully saturated rings. The van der Waals surface area contributed by atoms with Crippen molar-refractivity contribution in [2.24, 2.45) is 0 Å². The third-order valence-corrected chi connectivity index (χ3v) is 4.28. The van der Waals surface area contributed by atoms with Gasteiger partial charge in [-0.3, -0.25) is 9.59 Å². The topological polar surface area (TPSA) is 67.3 Å². The number of fused-ring (bicyclic) bond motifs is 2. The van der Waals surface area contributed by atoms with E-state index in [1.807, 2.05) is 12.1 Å². The number of para-hydroxylation sites is 1. The number of halogens is 1. The number of aromatic nitrogens is 1. The van der Waals surface area contributed by atoms with Gasteiger partial charge in [-0.25, -0.2) is 4.98 Å². The Morgan fingerprint density at radius 1 is 0.957 bits per heavy atom. The number of carbonyl (C=O) groups excluding carboxylic acids is 2. The molecule has 1 aliphatic carbocycles. The van der Waals surface area contributed by atoms with Crippen molar-refractivity contribution in [3.63, 3.8) is 0 Å². The zero-order valence-electron chi connectivity index (χ0n) is 11.8. The number of Topliss-reactive ketones (excluding diaryl/α,β-unsaturated/α-hetero) is 2. The predicted octanol–water partition coefficient (Wildman–Crippen LogP) is 3.76. The Bertz CT molecular complexity index is 997. The normalized spacial score (nSPS) is 16.8. The minimum Gasteiger partial charge on any atom is -0.506 e. The molecule has 3 aromatic rings. The van der Waals surface area contributed by atoms with E-state index in [0.29, 0.717) is 16.1 Å². The Morgan fingerprint density at radius 2 is 1.70 bits per heavy atom. The third kappa shape index (κ3) is 2.03. The Balaban J connectivity index is 1.91. The molecule has 23 heavy (non-hydrogen) atoms. The van der Waals surface area contributed by atoms with Crippen molar-refractivity contribution in [2.75, 3.05) is 0 Å². The van der Waals surface area contributed by atoms with E-state index in [2.05, 4.69) is 4.98 Å². The maximum Gasteiger partial charge on any atom is 0.180 e. The highest BCUT2D eigenvalue weighted by Crippen LogP contribution is 2.38. The van der Waals surface area contributed by atoms with Crippen LogP contribution in [0.3, 0.4) is 0 Å². The van der Waals surface area contributed by atoms with Gasteiger partial charge in [0.25, 0.3) is 0 Å². The quantitative estimate of drug-likeness (QED) is 0.692. The van der Waals surface area contributed by atoms with Crippen molar-refractivity contribution < 1.29 is 14.7 Å². The van der Waals surface area contributed by atoms with Crippen LogP contribution in [-0.4, -0.2) is 21.7 Å². The van der Waals surface area contributed by atoms with Crippen LogP contribution in [0.25, 0.3) is 10.9 Å². The fourth-order valence-electron chi connectivity index (χ4n) is 2.95. The van der Waals surface area contributed by atoms with Crippen LogP contribution in [0.1, 0.15) is 32.3 Å². The van der Waals surface area contributed by atoms with E-state index in [9.17, 15) is 14.7 Å². The van der Waals surface area contributed by atoms with Crippen molar-refractivity contribution in [1.29, 1.82) is 0 Å². The molecule has 1 heterocycles. The predicted molar refractivity (Wildman–Crippen MR) is 86.3 cm³/mol. The highest BCUT2D eigenvalue weighted by Gasteiger charge is 2.42. The molecular weight excluding hydrogens is 314 g/mol. The Kier molecular flexibility index (Phi) is 2.96. The summed E-state index contributed by atoms with van der Waals surface area (Å²) in [5.41, 5.74) is 1.31. The maximum absolute atomic E-state index is 12.6. The lowest BCUT2D eigenvalue weighted by atomic mass is 9.97. The van der Waals surface area contributed by atoms with Gasteiger partial charge in [-0.15, -0.1) is 0 Å². The van der Waals surface area contributed by atoms with Crippen molar-refractivity contribution in [2.45, 2.75) is 5.92 Å². The second-order valence-corrected chi connectivity index (χ2v) is 5.87. The average molecular weight is 324 g/mol. The summed E-state index contributed by atoms with van der Waals surface area (Å²) in [6.07, 6.45) is 0. The fourth-order valence-corrected chi connectivity index (χ4v) is 3.12. The molecule has 0 amide bonds. The van der Waals surface area contributed by atoms with Gasteiger partial charge in [-0.2, -0.15) is 0 Å². The number of benzene rings is 2. The molecule has 0 saturated carbocycles. The molecule has 0 spiro atoms. The van der Waals surface area contributed by atoms with Crippen molar-refractivity contribution in [3.05, 3.63) is 70.4 Å². The smallest absolute Gasteiger partial charge is 0.180 e. The number of hydrogen-bond acceptors (Lipinski definition) is 4. The standard InChI is InChI=1S/C18H10ClNO3/c19-10-5-6-11-12(8-10)18(23)15(17(11)22)16-14(21)7-9-3-1-2-4-13(9)20-16/h1-8,15,21H. The van der Waals surface area contributed by atoms with Gasteiger partial charge in [0.15, 0.2) is 11.6 Å². The molecule has 1 unspecified atom stereocenters. The lowest BCUT2D eigenvalue weighted by Crippen LogP contribution is -2.14. The number of aromatic hydroxyl groups is 1. The highest BCUT2D eigenvalue weighted by atomic mass is 35.5. The van der Waals surface area contributed by atoms with E-state index in [-0.39, 0.29) is 28.6 Å². The van der Waals surface area contributed by atoms with Gasteiger partial charge in [-0.05, 0) is 30.3 Å². The zero-order chi connectivity index (χ0) is 16.1. The summed E-state index contributed by atoms with van der Waals surface area (Å²) >= 11 is 5.91. The van der Waals surface area contributed by atoms with Gasteiger partial charge in [-0.1, -0.05) is 29.8 Å². The van der Waals surface area contributed by atoms with E-state index < -0.39 is 5.92 Å². The Morgan fingerprint density at radius 3 is 2.52 bits per heavy atom. The Hall–Kier alpha value is -2.72. The molecule has 0 radical (unpaired) electrons. The van der Waals surface area contributed by atoms with Crippen LogP contribution in [0.5, 0.6) is 5.75 Å². The molecule has 1 aromatic heterocycles. The molecule has 5 heteroatoms. The van der Waals surface area contributed by atoms with Crippen molar-refractivity contribution >= 4 is 34.1 Å². The van der Waals surface area contributed by atoms with E-state index in [4.69, 9.17) is 11.6 Å². The van der Waals surface area contributed by atoms with E-state index >= 15 is 0 Å². The highest BCUT2D eigenvalue weighted by molar-refractivity contribution is 6.34. The van der Waals surface area contributed by atoms with Gasteiger partial charge in [0.2, 0.25) is 0 Å². The molecule has 1 aliphatic rings. The van der Waals surface area contributed by atoms with E-state index in [1.165, 1.54) is 18.2 Å². The van der Waals surface area contributed by atoms with Gasteiger partial charge in [0.1, 0.15) is 17.4 Å². The van der Waals surface area contributed by atoms with Gasteiger partial charge in [0.05, 0.1) is 5.52 Å². The van der Waals surface area contributed by atoms with Crippen molar-refractivity contribution in [1.82, 2.24) is 4.98 Å². The third-order valence-electron chi connectivity index (χ3n) is 4.04. The summed E-state index contributed by atoms with van der Waals surface area (Å²) in [7, 11) is 0. The van der Waals surface area contributed by atoms with Gasteiger partial charge < -0.3 is 5.11 Å². The molecule has 0 saturated heterocycles. The number of rotatable bonds is 1. The zero-order valence-corrected chi connectivity index (χ0v) is 12.5. The van der Waals surface area contributed by atoms with Crippen LogP contribution in [-0.2, 0) is 0 Å². The first-order chi connectivity index (χ1) is 11.1. The molecule has 1 N–H and O–H groups in total. The number of nitrogens with zero attached hydrogens (tertiary/aromatic N) is 1. The molecule has 0 aliphatic heterocycles.